The second-order valence-corrected chi connectivity index (χ2v) is 4.86. The molecule has 0 heterocycles. The minimum atomic E-state index is -0.262. The summed E-state index contributed by atoms with van der Waals surface area (Å²) in [5.41, 5.74) is 0. The molecule has 0 spiro atoms. The summed E-state index contributed by atoms with van der Waals surface area (Å²) in [6, 6.07) is 6.61. The van der Waals surface area contributed by atoms with E-state index in [4.69, 9.17) is 21.1 Å². The van der Waals surface area contributed by atoms with Crippen LogP contribution in [0.3, 0.4) is 0 Å². The molecule has 0 saturated heterocycles. The molecule has 0 radical (unpaired) electrons. The Bertz CT molecular complexity index is 574. The first kappa shape index (κ1) is 13.5. The van der Waals surface area contributed by atoms with Gasteiger partial charge in [-0.1, -0.05) is 17.7 Å². The van der Waals surface area contributed by atoms with Gasteiger partial charge in [0.05, 0.1) is 9.92 Å². The van der Waals surface area contributed by atoms with Crippen molar-refractivity contribution in [3.63, 3.8) is 0 Å². The third-order valence-electron chi connectivity index (χ3n) is 2.50. The van der Waals surface area contributed by atoms with Gasteiger partial charge in [-0.05, 0) is 29.8 Å². The van der Waals surface area contributed by atoms with E-state index in [1.807, 2.05) is 12.3 Å². The SMILES string of the molecule is COCOc1cc(Cl)c2c(SC)c(F)ccc2c1. The zero-order chi connectivity index (χ0) is 13.1. The van der Waals surface area contributed by atoms with Crippen molar-refractivity contribution in [1.82, 2.24) is 0 Å². The van der Waals surface area contributed by atoms with Gasteiger partial charge in [-0.25, -0.2) is 4.39 Å². The van der Waals surface area contributed by atoms with Gasteiger partial charge in [0, 0.05) is 12.5 Å². The molecule has 0 bridgehead atoms. The molecule has 0 unspecified atom stereocenters. The molecule has 2 aromatic carbocycles. The maximum atomic E-state index is 13.7. The quantitative estimate of drug-likeness (QED) is 0.615. The maximum absolute atomic E-state index is 13.7. The van der Waals surface area contributed by atoms with Gasteiger partial charge in [0.15, 0.2) is 6.79 Å². The van der Waals surface area contributed by atoms with Gasteiger partial charge in [0.25, 0.3) is 0 Å². The summed E-state index contributed by atoms with van der Waals surface area (Å²) in [5.74, 6) is 0.343. The smallest absolute Gasteiger partial charge is 0.188 e. The van der Waals surface area contributed by atoms with E-state index >= 15 is 0 Å². The molecule has 96 valence electrons. The number of hydrogen-bond acceptors (Lipinski definition) is 3. The number of rotatable bonds is 4. The molecule has 2 nitrogen and oxygen atoms in total. The van der Waals surface area contributed by atoms with E-state index in [-0.39, 0.29) is 12.6 Å². The van der Waals surface area contributed by atoms with Gasteiger partial charge in [-0.3, -0.25) is 0 Å². The lowest BCUT2D eigenvalue weighted by Gasteiger charge is -2.10. The van der Waals surface area contributed by atoms with Crippen LogP contribution in [0, 0.1) is 5.82 Å². The molecule has 0 aliphatic heterocycles. The summed E-state index contributed by atoms with van der Waals surface area (Å²) in [5, 5.41) is 2.04. The number of thioether (sulfide) groups is 1. The summed E-state index contributed by atoms with van der Waals surface area (Å²) in [4.78, 5) is 0.552. The highest BCUT2D eigenvalue weighted by Gasteiger charge is 2.11. The molecule has 0 atom stereocenters. The molecule has 0 aliphatic rings. The Kier molecular flexibility index (Phi) is 4.32. The Morgan fingerprint density at radius 1 is 1.33 bits per heavy atom. The van der Waals surface area contributed by atoms with Crippen LogP contribution in [-0.4, -0.2) is 20.2 Å². The minimum Gasteiger partial charge on any atom is -0.467 e. The number of fused-ring (bicyclic) bond motifs is 1. The van der Waals surface area contributed by atoms with Crippen molar-refractivity contribution >= 4 is 34.1 Å². The molecule has 5 heteroatoms. The van der Waals surface area contributed by atoms with Gasteiger partial charge < -0.3 is 9.47 Å². The first-order chi connectivity index (χ1) is 8.67. The lowest BCUT2D eigenvalue weighted by atomic mass is 10.1. The van der Waals surface area contributed by atoms with Crippen LogP contribution in [0.25, 0.3) is 10.8 Å². The van der Waals surface area contributed by atoms with E-state index in [2.05, 4.69) is 0 Å². The molecular weight excluding hydrogens is 275 g/mol. The zero-order valence-corrected chi connectivity index (χ0v) is 11.6. The van der Waals surface area contributed by atoms with Crippen molar-refractivity contribution in [2.75, 3.05) is 20.2 Å². The minimum absolute atomic E-state index is 0.151. The Labute approximate surface area is 114 Å². The molecule has 0 fully saturated rings. The topological polar surface area (TPSA) is 18.5 Å². The second-order valence-electron chi connectivity index (χ2n) is 3.63. The highest BCUT2D eigenvalue weighted by Crippen LogP contribution is 2.36. The molecule has 0 saturated carbocycles. The molecule has 0 aromatic heterocycles. The van der Waals surface area contributed by atoms with Gasteiger partial charge in [0.1, 0.15) is 11.6 Å². The van der Waals surface area contributed by atoms with E-state index in [1.165, 1.54) is 17.8 Å². The molecule has 2 rings (SSSR count). The van der Waals surface area contributed by atoms with Crippen LogP contribution in [0.4, 0.5) is 4.39 Å². The van der Waals surface area contributed by atoms with Crippen LogP contribution in [0.5, 0.6) is 5.75 Å². The maximum Gasteiger partial charge on any atom is 0.188 e. The summed E-state index contributed by atoms with van der Waals surface area (Å²) < 4.78 is 23.8. The Morgan fingerprint density at radius 3 is 2.78 bits per heavy atom. The Hall–Kier alpha value is -0.970. The zero-order valence-electron chi connectivity index (χ0n) is 10.00. The fourth-order valence-electron chi connectivity index (χ4n) is 1.74. The largest absolute Gasteiger partial charge is 0.467 e. The lowest BCUT2D eigenvalue weighted by molar-refractivity contribution is 0.0512. The summed E-state index contributed by atoms with van der Waals surface area (Å²) in [6.45, 7) is 0.151. The average molecular weight is 287 g/mol. The molecule has 0 amide bonds. The predicted octanol–water partition coefficient (Wildman–Crippen LogP) is 4.34. The van der Waals surface area contributed by atoms with Crippen molar-refractivity contribution in [3.05, 3.63) is 35.1 Å². The standard InChI is InChI=1S/C13H12ClFO2S/c1-16-7-17-9-5-8-3-4-11(15)13(18-2)12(8)10(14)6-9/h3-6H,7H2,1-2H3. The van der Waals surface area contributed by atoms with Crippen LogP contribution >= 0.6 is 23.4 Å². The lowest BCUT2D eigenvalue weighted by Crippen LogP contribution is -1.99. The average Bonchev–Trinajstić information content (AvgIpc) is 2.37. The van der Waals surface area contributed by atoms with E-state index in [0.29, 0.717) is 21.1 Å². The number of halogens is 2. The van der Waals surface area contributed by atoms with Crippen LogP contribution < -0.4 is 4.74 Å². The Morgan fingerprint density at radius 2 is 2.11 bits per heavy atom. The van der Waals surface area contributed by atoms with Crippen LogP contribution in [0.1, 0.15) is 0 Å². The van der Waals surface area contributed by atoms with Crippen molar-refractivity contribution < 1.29 is 13.9 Å². The molecule has 18 heavy (non-hydrogen) atoms. The van der Waals surface area contributed by atoms with Gasteiger partial charge >= 0.3 is 0 Å². The van der Waals surface area contributed by atoms with Crippen LogP contribution in [-0.2, 0) is 4.74 Å². The second kappa shape index (κ2) is 5.78. The normalized spacial score (nSPS) is 10.9. The number of ether oxygens (including phenoxy) is 2. The predicted molar refractivity (Wildman–Crippen MR) is 73.2 cm³/mol. The summed E-state index contributed by atoms with van der Waals surface area (Å²) in [7, 11) is 1.55. The highest BCUT2D eigenvalue weighted by atomic mass is 35.5. The van der Waals surface area contributed by atoms with Crippen LogP contribution in [0.15, 0.2) is 29.2 Å². The number of benzene rings is 2. The van der Waals surface area contributed by atoms with E-state index < -0.39 is 0 Å². The summed E-state index contributed by atoms with van der Waals surface area (Å²) in [6.07, 6.45) is 1.82. The van der Waals surface area contributed by atoms with Crippen molar-refractivity contribution in [2.45, 2.75) is 4.90 Å². The Balaban J connectivity index is 2.58. The van der Waals surface area contributed by atoms with Crippen LogP contribution in [0.2, 0.25) is 5.02 Å². The van der Waals surface area contributed by atoms with Gasteiger partial charge in [0.2, 0.25) is 0 Å². The monoisotopic (exact) mass is 286 g/mol. The highest BCUT2D eigenvalue weighted by molar-refractivity contribution is 7.98. The molecular formula is C13H12ClFO2S. The summed E-state index contributed by atoms with van der Waals surface area (Å²) >= 11 is 7.53. The first-order valence-corrected chi connectivity index (χ1v) is 6.85. The number of methoxy groups -OCH3 is 1. The molecule has 2 aromatic rings. The van der Waals surface area contributed by atoms with Gasteiger partial charge in [-0.2, -0.15) is 0 Å². The van der Waals surface area contributed by atoms with E-state index in [0.717, 1.165) is 5.39 Å². The van der Waals surface area contributed by atoms with Crippen molar-refractivity contribution in [2.24, 2.45) is 0 Å². The molecule has 0 aliphatic carbocycles. The number of hydrogen-bond donors (Lipinski definition) is 0. The third kappa shape index (κ3) is 2.55. The fraction of sp³-hybridized carbons (Fsp3) is 0.231. The molecule has 0 N–H and O–H groups in total. The van der Waals surface area contributed by atoms with Crippen molar-refractivity contribution in [1.29, 1.82) is 0 Å². The van der Waals surface area contributed by atoms with Gasteiger partial charge in [-0.15, -0.1) is 11.8 Å². The first-order valence-electron chi connectivity index (χ1n) is 5.25. The third-order valence-corrected chi connectivity index (χ3v) is 3.60. The van der Waals surface area contributed by atoms with E-state index in [1.54, 1.807) is 19.2 Å². The van der Waals surface area contributed by atoms with E-state index in [9.17, 15) is 4.39 Å². The fourth-order valence-corrected chi connectivity index (χ4v) is 2.80. The van der Waals surface area contributed by atoms with Crippen molar-refractivity contribution in [3.8, 4) is 5.75 Å².